The van der Waals surface area contributed by atoms with Crippen LogP contribution in [0.1, 0.15) is 42.1 Å². The lowest BCUT2D eigenvalue weighted by Gasteiger charge is -2.10. The number of benzene rings is 2. The zero-order valence-electron chi connectivity index (χ0n) is 15.1. The van der Waals surface area contributed by atoms with Crippen molar-refractivity contribution < 1.29 is 4.79 Å². The number of rotatable bonds is 6. The van der Waals surface area contributed by atoms with Crippen LogP contribution in [0.5, 0.6) is 0 Å². The molecule has 4 nitrogen and oxygen atoms in total. The smallest absolute Gasteiger partial charge is 0.253 e. The Morgan fingerprint density at radius 3 is 2.68 bits per heavy atom. The van der Waals surface area contributed by atoms with Gasteiger partial charge in [0.25, 0.3) is 5.91 Å². The van der Waals surface area contributed by atoms with Gasteiger partial charge in [-0.15, -0.1) is 0 Å². The van der Waals surface area contributed by atoms with Gasteiger partial charge in [-0.1, -0.05) is 32.0 Å². The van der Waals surface area contributed by atoms with Gasteiger partial charge in [0.05, 0.1) is 16.6 Å². The van der Waals surface area contributed by atoms with Crippen LogP contribution in [-0.2, 0) is 0 Å². The summed E-state index contributed by atoms with van der Waals surface area (Å²) in [6.07, 6.45) is 0.904. The van der Waals surface area contributed by atoms with Crippen molar-refractivity contribution >= 4 is 27.7 Å². The van der Waals surface area contributed by atoms with Crippen LogP contribution in [0.2, 0.25) is 0 Å². The molecule has 3 rings (SSSR count). The number of pyridine rings is 1. The monoisotopic (exact) mass is 335 g/mol. The molecule has 2 N–H and O–H groups in total. The molecule has 0 aliphatic heterocycles. The van der Waals surface area contributed by atoms with Gasteiger partial charge in [0.2, 0.25) is 0 Å². The van der Waals surface area contributed by atoms with Crippen LogP contribution in [0.3, 0.4) is 0 Å². The highest BCUT2D eigenvalue weighted by Gasteiger charge is 2.12. The SMILES string of the molecule is CNCCCNC(=O)c1cccc2cc3cc(C(C)C)ccc3nc12. The zero-order valence-corrected chi connectivity index (χ0v) is 15.1. The summed E-state index contributed by atoms with van der Waals surface area (Å²) in [6, 6.07) is 14.3. The summed E-state index contributed by atoms with van der Waals surface area (Å²) >= 11 is 0. The fourth-order valence-electron chi connectivity index (χ4n) is 2.99. The molecular formula is C21H25N3O. The quantitative estimate of drug-likeness (QED) is 0.531. The number of fused-ring (bicyclic) bond motifs is 2. The summed E-state index contributed by atoms with van der Waals surface area (Å²) in [7, 11) is 1.91. The fourth-order valence-corrected chi connectivity index (χ4v) is 2.99. The Labute approximate surface area is 148 Å². The van der Waals surface area contributed by atoms with E-state index in [1.807, 2.05) is 31.3 Å². The average molecular weight is 335 g/mol. The number of carbonyl (C=O) groups excluding carboxylic acids is 1. The number of aromatic nitrogens is 1. The first kappa shape index (κ1) is 17.4. The Bertz CT molecular complexity index is 902. The lowest BCUT2D eigenvalue weighted by atomic mass is 9.99. The number of amides is 1. The van der Waals surface area contributed by atoms with E-state index in [-0.39, 0.29) is 5.91 Å². The summed E-state index contributed by atoms with van der Waals surface area (Å²) in [4.78, 5) is 17.3. The molecule has 0 aliphatic carbocycles. The highest BCUT2D eigenvalue weighted by atomic mass is 16.1. The fraction of sp³-hybridized carbons (Fsp3) is 0.333. The summed E-state index contributed by atoms with van der Waals surface area (Å²) in [6.45, 7) is 5.91. The van der Waals surface area contributed by atoms with E-state index in [1.165, 1.54) is 5.56 Å². The molecule has 4 heteroatoms. The largest absolute Gasteiger partial charge is 0.352 e. The van der Waals surface area contributed by atoms with Gasteiger partial charge < -0.3 is 10.6 Å². The highest BCUT2D eigenvalue weighted by molar-refractivity contribution is 6.07. The number of hydrogen-bond donors (Lipinski definition) is 2. The van der Waals surface area contributed by atoms with Crippen LogP contribution in [0.15, 0.2) is 42.5 Å². The lowest BCUT2D eigenvalue weighted by molar-refractivity contribution is 0.0955. The summed E-state index contributed by atoms with van der Waals surface area (Å²) in [5, 5.41) is 8.17. The Morgan fingerprint density at radius 2 is 1.92 bits per heavy atom. The number of hydrogen-bond acceptors (Lipinski definition) is 3. The third-order valence-electron chi connectivity index (χ3n) is 4.46. The zero-order chi connectivity index (χ0) is 17.8. The molecule has 25 heavy (non-hydrogen) atoms. The Balaban J connectivity index is 1.97. The van der Waals surface area contributed by atoms with E-state index < -0.39 is 0 Å². The van der Waals surface area contributed by atoms with Crippen LogP contribution >= 0.6 is 0 Å². The van der Waals surface area contributed by atoms with Crippen molar-refractivity contribution in [1.29, 1.82) is 0 Å². The highest BCUT2D eigenvalue weighted by Crippen LogP contribution is 2.25. The van der Waals surface area contributed by atoms with Gasteiger partial charge in [-0.2, -0.15) is 0 Å². The molecule has 0 spiro atoms. The minimum atomic E-state index is -0.0626. The van der Waals surface area contributed by atoms with E-state index in [1.54, 1.807) is 0 Å². The van der Waals surface area contributed by atoms with Crippen molar-refractivity contribution in [3.05, 3.63) is 53.6 Å². The van der Waals surface area contributed by atoms with Gasteiger partial charge in [0, 0.05) is 17.3 Å². The number of para-hydroxylation sites is 1. The predicted molar refractivity (Wildman–Crippen MR) is 104 cm³/mol. The number of nitrogens with zero attached hydrogens (tertiary/aromatic N) is 1. The maximum absolute atomic E-state index is 12.5. The van der Waals surface area contributed by atoms with E-state index in [0.717, 1.165) is 34.8 Å². The minimum Gasteiger partial charge on any atom is -0.352 e. The molecular weight excluding hydrogens is 310 g/mol. The molecule has 2 aromatic carbocycles. The van der Waals surface area contributed by atoms with Crippen LogP contribution in [-0.4, -0.2) is 31.0 Å². The van der Waals surface area contributed by atoms with Gasteiger partial charge >= 0.3 is 0 Å². The molecule has 0 aliphatic rings. The topological polar surface area (TPSA) is 54.0 Å². The van der Waals surface area contributed by atoms with E-state index in [0.29, 0.717) is 18.0 Å². The van der Waals surface area contributed by atoms with E-state index in [9.17, 15) is 4.79 Å². The van der Waals surface area contributed by atoms with E-state index in [4.69, 9.17) is 4.98 Å². The molecule has 0 radical (unpaired) electrons. The van der Waals surface area contributed by atoms with Crippen molar-refractivity contribution in [2.45, 2.75) is 26.2 Å². The van der Waals surface area contributed by atoms with E-state index >= 15 is 0 Å². The van der Waals surface area contributed by atoms with Crippen molar-refractivity contribution in [1.82, 2.24) is 15.6 Å². The molecule has 0 bridgehead atoms. The second-order valence-electron chi connectivity index (χ2n) is 6.69. The standard InChI is InChI=1S/C21H25N3O/c1-14(2)15-8-9-19-17(12-15)13-16-6-4-7-18(20(16)24-19)21(25)23-11-5-10-22-3/h4,6-9,12-14,22H,5,10-11H2,1-3H3,(H,23,25). The molecule has 1 amide bonds. The van der Waals surface area contributed by atoms with Crippen molar-refractivity contribution in [2.75, 3.05) is 20.1 Å². The molecule has 0 unspecified atom stereocenters. The predicted octanol–water partition coefficient (Wildman–Crippen LogP) is 3.85. The summed E-state index contributed by atoms with van der Waals surface area (Å²) in [5.74, 6) is 0.419. The molecule has 0 fully saturated rings. The molecule has 0 atom stereocenters. The van der Waals surface area contributed by atoms with Gasteiger partial charge in [-0.3, -0.25) is 4.79 Å². The normalized spacial score (nSPS) is 11.4. The maximum Gasteiger partial charge on any atom is 0.253 e. The first-order chi connectivity index (χ1) is 12.1. The third kappa shape index (κ3) is 3.80. The first-order valence-electron chi connectivity index (χ1n) is 8.86. The first-order valence-corrected chi connectivity index (χ1v) is 8.86. The van der Waals surface area contributed by atoms with Crippen LogP contribution in [0.25, 0.3) is 21.8 Å². The van der Waals surface area contributed by atoms with Crippen molar-refractivity contribution in [3.63, 3.8) is 0 Å². The second-order valence-corrected chi connectivity index (χ2v) is 6.69. The molecule has 3 aromatic rings. The van der Waals surface area contributed by atoms with Crippen molar-refractivity contribution in [3.8, 4) is 0 Å². The Kier molecular flexibility index (Phi) is 5.29. The molecule has 1 heterocycles. The number of nitrogens with one attached hydrogen (secondary N) is 2. The Morgan fingerprint density at radius 1 is 1.08 bits per heavy atom. The maximum atomic E-state index is 12.5. The van der Waals surface area contributed by atoms with Crippen LogP contribution in [0.4, 0.5) is 0 Å². The van der Waals surface area contributed by atoms with Crippen molar-refractivity contribution in [2.24, 2.45) is 0 Å². The second kappa shape index (κ2) is 7.62. The summed E-state index contributed by atoms with van der Waals surface area (Å²) in [5.41, 5.74) is 3.62. The molecule has 0 saturated heterocycles. The molecule has 130 valence electrons. The van der Waals surface area contributed by atoms with Gasteiger partial charge in [-0.25, -0.2) is 4.98 Å². The van der Waals surface area contributed by atoms with Crippen LogP contribution < -0.4 is 10.6 Å². The van der Waals surface area contributed by atoms with Crippen LogP contribution in [0, 0.1) is 0 Å². The Hall–Kier alpha value is -2.46. The lowest BCUT2D eigenvalue weighted by Crippen LogP contribution is -2.26. The van der Waals surface area contributed by atoms with Gasteiger partial charge in [0.15, 0.2) is 0 Å². The van der Waals surface area contributed by atoms with Gasteiger partial charge in [-0.05, 0) is 55.8 Å². The average Bonchev–Trinajstić information content (AvgIpc) is 2.62. The third-order valence-corrected chi connectivity index (χ3v) is 4.46. The van der Waals surface area contributed by atoms with Gasteiger partial charge in [0.1, 0.15) is 0 Å². The minimum absolute atomic E-state index is 0.0626. The molecule has 1 aromatic heterocycles. The number of carbonyl (C=O) groups is 1. The molecule has 0 saturated carbocycles. The van der Waals surface area contributed by atoms with E-state index in [2.05, 4.69) is 42.7 Å². The summed E-state index contributed by atoms with van der Waals surface area (Å²) < 4.78 is 0.